The maximum atomic E-state index is 5.60. The number of ether oxygens (including phenoxy) is 1. The van der Waals surface area contributed by atoms with Crippen molar-refractivity contribution < 1.29 is 4.74 Å². The number of hydrogen-bond acceptors (Lipinski definition) is 2. The fourth-order valence-corrected chi connectivity index (χ4v) is 1.60. The quantitative estimate of drug-likeness (QED) is 0.803. The molecule has 0 bridgehead atoms. The number of benzene rings is 1. The molecule has 1 aromatic heterocycles. The highest BCUT2D eigenvalue weighted by molar-refractivity contribution is 5.69. The zero-order chi connectivity index (χ0) is 12.8. The number of rotatable bonds is 4. The summed E-state index contributed by atoms with van der Waals surface area (Å²) in [5.41, 5.74) is 2.30. The van der Waals surface area contributed by atoms with E-state index in [-0.39, 0.29) is 6.10 Å². The van der Waals surface area contributed by atoms with Gasteiger partial charge in [0.15, 0.2) is 0 Å². The van der Waals surface area contributed by atoms with Gasteiger partial charge in [-0.05, 0) is 49.2 Å². The average molecular weight is 239 g/mol. The fourth-order valence-electron chi connectivity index (χ4n) is 1.60. The normalized spacial score (nSPS) is 11.1. The Balaban J connectivity index is 2.04. The van der Waals surface area contributed by atoms with Crippen molar-refractivity contribution in [3.63, 3.8) is 0 Å². The lowest BCUT2D eigenvalue weighted by atomic mass is 10.1. The van der Waals surface area contributed by atoms with Crippen LogP contribution in [0.1, 0.15) is 25.0 Å². The first kappa shape index (κ1) is 12.4. The van der Waals surface area contributed by atoms with E-state index in [1.807, 2.05) is 38.1 Å². The lowest BCUT2D eigenvalue weighted by Gasteiger charge is -2.09. The lowest BCUT2D eigenvalue weighted by molar-refractivity contribution is 0.242. The summed E-state index contributed by atoms with van der Waals surface area (Å²) in [5, 5.41) is 0. The van der Waals surface area contributed by atoms with Crippen molar-refractivity contribution in [3.05, 3.63) is 59.9 Å². The predicted molar refractivity (Wildman–Crippen MR) is 75.4 cm³/mol. The zero-order valence-electron chi connectivity index (χ0n) is 10.7. The Morgan fingerprint density at radius 1 is 0.889 bits per heavy atom. The summed E-state index contributed by atoms with van der Waals surface area (Å²) in [7, 11) is 0. The van der Waals surface area contributed by atoms with Crippen LogP contribution in [0.4, 0.5) is 0 Å². The van der Waals surface area contributed by atoms with Gasteiger partial charge in [-0.2, -0.15) is 0 Å². The Kier molecular flexibility index (Phi) is 4.13. The van der Waals surface area contributed by atoms with Crippen LogP contribution in [0.3, 0.4) is 0 Å². The molecule has 0 spiro atoms. The predicted octanol–water partition coefficient (Wildman–Crippen LogP) is 4.04. The molecule has 2 aromatic rings. The van der Waals surface area contributed by atoms with Gasteiger partial charge in [0.1, 0.15) is 5.75 Å². The van der Waals surface area contributed by atoms with Crippen LogP contribution in [-0.4, -0.2) is 11.1 Å². The van der Waals surface area contributed by atoms with E-state index in [4.69, 9.17) is 4.74 Å². The molecule has 0 aliphatic heterocycles. The maximum absolute atomic E-state index is 5.60. The highest BCUT2D eigenvalue weighted by atomic mass is 16.5. The third kappa shape index (κ3) is 3.74. The van der Waals surface area contributed by atoms with Crippen molar-refractivity contribution >= 4 is 12.2 Å². The van der Waals surface area contributed by atoms with E-state index in [9.17, 15) is 0 Å². The number of pyridine rings is 1. The first-order chi connectivity index (χ1) is 8.74. The van der Waals surface area contributed by atoms with Crippen molar-refractivity contribution in [1.29, 1.82) is 0 Å². The van der Waals surface area contributed by atoms with Crippen molar-refractivity contribution in [2.75, 3.05) is 0 Å². The summed E-state index contributed by atoms with van der Waals surface area (Å²) in [5.74, 6) is 0.908. The molecular weight excluding hydrogens is 222 g/mol. The zero-order valence-corrected chi connectivity index (χ0v) is 10.7. The van der Waals surface area contributed by atoms with Gasteiger partial charge in [0.2, 0.25) is 0 Å². The molecule has 92 valence electrons. The van der Waals surface area contributed by atoms with Crippen LogP contribution in [0.5, 0.6) is 5.75 Å². The Labute approximate surface area is 108 Å². The molecule has 2 nitrogen and oxygen atoms in total. The Morgan fingerprint density at radius 3 is 2.00 bits per heavy atom. The second-order valence-electron chi connectivity index (χ2n) is 4.35. The maximum Gasteiger partial charge on any atom is 0.119 e. The number of nitrogens with zero attached hydrogens (tertiary/aromatic N) is 1. The smallest absolute Gasteiger partial charge is 0.119 e. The molecule has 0 fully saturated rings. The highest BCUT2D eigenvalue weighted by Crippen LogP contribution is 2.15. The Hall–Kier alpha value is -2.09. The van der Waals surface area contributed by atoms with Crippen LogP contribution in [0, 0.1) is 0 Å². The molecule has 0 saturated heterocycles. The van der Waals surface area contributed by atoms with Crippen LogP contribution >= 0.6 is 0 Å². The first-order valence-corrected chi connectivity index (χ1v) is 6.09. The summed E-state index contributed by atoms with van der Waals surface area (Å²) < 4.78 is 5.60. The summed E-state index contributed by atoms with van der Waals surface area (Å²) in [6, 6.07) is 12.0. The minimum atomic E-state index is 0.211. The van der Waals surface area contributed by atoms with E-state index in [2.05, 4.69) is 29.3 Å². The largest absolute Gasteiger partial charge is 0.491 e. The molecule has 0 unspecified atom stereocenters. The van der Waals surface area contributed by atoms with Crippen LogP contribution in [0.15, 0.2) is 48.8 Å². The van der Waals surface area contributed by atoms with E-state index < -0.39 is 0 Å². The van der Waals surface area contributed by atoms with Gasteiger partial charge in [-0.15, -0.1) is 0 Å². The van der Waals surface area contributed by atoms with Gasteiger partial charge < -0.3 is 4.74 Å². The summed E-state index contributed by atoms with van der Waals surface area (Å²) in [6.45, 7) is 4.05. The van der Waals surface area contributed by atoms with E-state index in [1.165, 1.54) is 0 Å². The van der Waals surface area contributed by atoms with Crippen molar-refractivity contribution in [2.45, 2.75) is 20.0 Å². The van der Waals surface area contributed by atoms with Gasteiger partial charge in [-0.25, -0.2) is 0 Å². The number of hydrogen-bond donors (Lipinski definition) is 0. The van der Waals surface area contributed by atoms with E-state index >= 15 is 0 Å². The molecule has 0 aliphatic rings. The van der Waals surface area contributed by atoms with Gasteiger partial charge in [-0.1, -0.05) is 24.3 Å². The molecule has 0 atom stereocenters. The monoisotopic (exact) mass is 239 g/mol. The summed E-state index contributed by atoms with van der Waals surface area (Å²) in [4.78, 5) is 3.99. The van der Waals surface area contributed by atoms with Gasteiger partial charge in [0.05, 0.1) is 6.10 Å². The molecule has 2 heteroatoms. The SMILES string of the molecule is CC(C)Oc1ccc(/C=C/c2ccncc2)cc1. The fraction of sp³-hybridized carbons (Fsp3) is 0.188. The molecule has 2 rings (SSSR count). The Morgan fingerprint density at radius 2 is 1.44 bits per heavy atom. The molecular formula is C16H17NO. The minimum absolute atomic E-state index is 0.211. The molecule has 0 radical (unpaired) electrons. The topological polar surface area (TPSA) is 22.1 Å². The van der Waals surface area contributed by atoms with Gasteiger partial charge >= 0.3 is 0 Å². The van der Waals surface area contributed by atoms with Crippen LogP contribution in [0.2, 0.25) is 0 Å². The lowest BCUT2D eigenvalue weighted by Crippen LogP contribution is -2.05. The standard InChI is InChI=1S/C16H17NO/c1-13(2)18-16-7-5-14(6-8-16)3-4-15-9-11-17-12-10-15/h3-13H,1-2H3/b4-3+. The minimum Gasteiger partial charge on any atom is -0.491 e. The second-order valence-corrected chi connectivity index (χ2v) is 4.35. The average Bonchev–Trinajstić information content (AvgIpc) is 2.38. The van der Waals surface area contributed by atoms with E-state index in [1.54, 1.807) is 12.4 Å². The van der Waals surface area contributed by atoms with Crippen LogP contribution in [-0.2, 0) is 0 Å². The second kappa shape index (κ2) is 6.01. The summed E-state index contributed by atoms with van der Waals surface area (Å²) >= 11 is 0. The van der Waals surface area contributed by atoms with E-state index in [0.29, 0.717) is 0 Å². The van der Waals surface area contributed by atoms with Gasteiger partial charge in [-0.3, -0.25) is 4.98 Å². The van der Waals surface area contributed by atoms with Crippen LogP contribution in [0.25, 0.3) is 12.2 Å². The van der Waals surface area contributed by atoms with Crippen molar-refractivity contribution in [2.24, 2.45) is 0 Å². The Bertz CT molecular complexity index is 500. The first-order valence-electron chi connectivity index (χ1n) is 6.09. The van der Waals surface area contributed by atoms with Crippen LogP contribution < -0.4 is 4.74 Å². The summed E-state index contributed by atoms with van der Waals surface area (Å²) in [6.07, 6.45) is 7.94. The van der Waals surface area contributed by atoms with Gasteiger partial charge in [0.25, 0.3) is 0 Å². The molecule has 0 amide bonds. The molecule has 0 aliphatic carbocycles. The molecule has 1 heterocycles. The molecule has 0 N–H and O–H groups in total. The third-order valence-electron chi connectivity index (χ3n) is 2.43. The van der Waals surface area contributed by atoms with Crippen molar-refractivity contribution in [1.82, 2.24) is 4.98 Å². The molecule has 1 aromatic carbocycles. The molecule has 18 heavy (non-hydrogen) atoms. The highest BCUT2D eigenvalue weighted by Gasteiger charge is 1.96. The number of aromatic nitrogens is 1. The van der Waals surface area contributed by atoms with Gasteiger partial charge in [0, 0.05) is 12.4 Å². The molecule has 0 saturated carbocycles. The van der Waals surface area contributed by atoms with E-state index in [0.717, 1.165) is 16.9 Å². The van der Waals surface area contributed by atoms with Crippen molar-refractivity contribution in [3.8, 4) is 5.75 Å². The third-order valence-corrected chi connectivity index (χ3v) is 2.43.